The molecule has 24 heavy (non-hydrogen) atoms. The fourth-order valence-electron chi connectivity index (χ4n) is 2.95. The number of benzene rings is 2. The number of fused-ring (bicyclic) bond motifs is 1. The van der Waals surface area contributed by atoms with Crippen LogP contribution in [0, 0.1) is 0 Å². The van der Waals surface area contributed by atoms with E-state index in [2.05, 4.69) is 23.2 Å². The van der Waals surface area contributed by atoms with Gasteiger partial charge in [-0.1, -0.05) is 30.0 Å². The largest absolute Gasteiger partial charge is 0.359 e. The predicted octanol–water partition coefficient (Wildman–Crippen LogP) is 4.39. The summed E-state index contributed by atoms with van der Waals surface area (Å²) in [5, 5.41) is 2.82. The van der Waals surface area contributed by atoms with Crippen molar-refractivity contribution in [2.75, 3.05) is 16.8 Å². The van der Waals surface area contributed by atoms with Crippen LogP contribution >= 0.6 is 11.8 Å². The number of carbonyl (C=O) groups is 1. The number of amides is 1. The van der Waals surface area contributed by atoms with E-state index in [0.717, 1.165) is 12.1 Å². The summed E-state index contributed by atoms with van der Waals surface area (Å²) in [5.74, 6) is -2.56. The van der Waals surface area contributed by atoms with E-state index >= 15 is 0 Å². The van der Waals surface area contributed by atoms with Crippen LogP contribution in [0.25, 0.3) is 0 Å². The number of hydrogen-bond acceptors (Lipinski definition) is 3. The Morgan fingerprint density at radius 2 is 1.96 bits per heavy atom. The second-order valence-corrected chi connectivity index (χ2v) is 6.82. The van der Waals surface area contributed by atoms with Crippen molar-refractivity contribution in [1.82, 2.24) is 0 Å². The zero-order valence-corrected chi connectivity index (χ0v) is 14.0. The van der Waals surface area contributed by atoms with Gasteiger partial charge in [0.15, 0.2) is 0 Å². The van der Waals surface area contributed by atoms with Crippen LogP contribution in [-0.4, -0.2) is 24.3 Å². The highest BCUT2D eigenvalue weighted by atomic mass is 32.2. The molecule has 0 fully saturated rings. The van der Waals surface area contributed by atoms with Gasteiger partial charge < -0.3 is 10.2 Å². The minimum Gasteiger partial charge on any atom is -0.359 e. The average Bonchev–Trinajstić information content (AvgIpc) is 2.85. The van der Waals surface area contributed by atoms with Gasteiger partial charge in [-0.2, -0.15) is 8.78 Å². The van der Waals surface area contributed by atoms with Gasteiger partial charge in [-0.05, 0) is 49.2 Å². The van der Waals surface area contributed by atoms with Gasteiger partial charge in [-0.25, -0.2) is 0 Å². The summed E-state index contributed by atoms with van der Waals surface area (Å²) in [6, 6.07) is 14.8. The third-order valence-electron chi connectivity index (χ3n) is 4.03. The van der Waals surface area contributed by atoms with Crippen molar-refractivity contribution in [2.45, 2.75) is 30.0 Å². The first-order valence-corrected chi connectivity index (χ1v) is 8.60. The molecule has 1 heterocycles. The van der Waals surface area contributed by atoms with Gasteiger partial charge in [0.2, 0.25) is 5.91 Å². The lowest BCUT2D eigenvalue weighted by molar-refractivity contribution is -0.115. The van der Waals surface area contributed by atoms with Crippen LogP contribution in [-0.2, 0) is 11.2 Å². The maximum Gasteiger partial charge on any atom is 0.288 e. The fraction of sp³-hybridized carbons (Fsp3) is 0.278. The predicted molar refractivity (Wildman–Crippen MR) is 93.9 cm³/mol. The highest BCUT2D eigenvalue weighted by Crippen LogP contribution is 2.31. The van der Waals surface area contributed by atoms with Gasteiger partial charge in [-0.15, -0.1) is 0 Å². The molecule has 2 aromatic carbocycles. The Morgan fingerprint density at radius 1 is 1.25 bits per heavy atom. The minimum atomic E-state index is -2.44. The number of hydrogen-bond donors (Lipinski definition) is 1. The zero-order chi connectivity index (χ0) is 17.1. The van der Waals surface area contributed by atoms with Crippen LogP contribution in [0.5, 0.6) is 0 Å². The number of thioether (sulfide) groups is 1. The Bertz CT molecular complexity index is 721. The van der Waals surface area contributed by atoms with Gasteiger partial charge >= 0.3 is 0 Å². The summed E-state index contributed by atoms with van der Waals surface area (Å²) in [4.78, 5) is 14.9. The SMILES string of the molecule is C[C@H]1Cc2ccccc2N1CC(=O)Nc1ccc(SC(F)F)cc1. The summed E-state index contributed by atoms with van der Waals surface area (Å²) in [6.45, 7) is 2.37. The highest BCUT2D eigenvalue weighted by molar-refractivity contribution is 7.99. The smallest absolute Gasteiger partial charge is 0.288 e. The van der Waals surface area contributed by atoms with Crippen molar-refractivity contribution < 1.29 is 13.6 Å². The normalized spacial score (nSPS) is 16.3. The highest BCUT2D eigenvalue weighted by Gasteiger charge is 2.26. The number of rotatable bonds is 5. The molecular weight excluding hydrogens is 330 g/mol. The molecule has 1 amide bonds. The molecule has 3 rings (SSSR count). The van der Waals surface area contributed by atoms with Gasteiger partial charge in [0.25, 0.3) is 5.76 Å². The number of anilines is 2. The third-order valence-corrected chi connectivity index (χ3v) is 4.75. The first kappa shape index (κ1) is 16.8. The lowest BCUT2D eigenvalue weighted by Crippen LogP contribution is -2.37. The molecule has 0 bridgehead atoms. The van der Waals surface area contributed by atoms with Crippen LogP contribution in [0.1, 0.15) is 12.5 Å². The van der Waals surface area contributed by atoms with Crippen LogP contribution < -0.4 is 10.2 Å². The lowest BCUT2D eigenvalue weighted by atomic mass is 10.1. The van der Waals surface area contributed by atoms with Crippen LogP contribution in [0.15, 0.2) is 53.4 Å². The first-order chi connectivity index (χ1) is 11.5. The molecule has 0 aliphatic carbocycles. The molecule has 1 N–H and O–H groups in total. The number of alkyl halides is 2. The maximum absolute atomic E-state index is 12.3. The second-order valence-electron chi connectivity index (χ2n) is 5.76. The molecular formula is C18H18F2N2OS. The first-order valence-electron chi connectivity index (χ1n) is 7.72. The molecule has 1 aliphatic heterocycles. The topological polar surface area (TPSA) is 32.3 Å². The summed E-state index contributed by atoms with van der Waals surface area (Å²) in [5.41, 5.74) is 2.97. The van der Waals surface area contributed by atoms with Crippen molar-refractivity contribution in [2.24, 2.45) is 0 Å². The Hall–Kier alpha value is -2.08. The molecule has 2 aromatic rings. The molecule has 0 radical (unpaired) electrons. The quantitative estimate of drug-likeness (QED) is 0.814. The van der Waals surface area contributed by atoms with E-state index in [9.17, 15) is 13.6 Å². The van der Waals surface area contributed by atoms with Crippen LogP contribution in [0.3, 0.4) is 0 Å². The summed E-state index contributed by atoms with van der Waals surface area (Å²) in [7, 11) is 0. The Kier molecular flexibility index (Phi) is 5.04. The van der Waals surface area contributed by atoms with Crippen molar-refractivity contribution >= 4 is 29.0 Å². The Morgan fingerprint density at radius 3 is 2.67 bits per heavy atom. The molecule has 1 aliphatic rings. The number of carbonyl (C=O) groups excluding carboxylic acids is 1. The zero-order valence-electron chi connectivity index (χ0n) is 13.2. The van der Waals surface area contributed by atoms with Crippen molar-refractivity contribution in [3.05, 3.63) is 54.1 Å². The Balaban J connectivity index is 1.62. The summed E-state index contributed by atoms with van der Waals surface area (Å²) >= 11 is 0.490. The van der Waals surface area contributed by atoms with Gasteiger partial charge in [0, 0.05) is 22.3 Å². The summed E-state index contributed by atoms with van der Waals surface area (Å²) in [6.07, 6.45) is 0.934. The molecule has 126 valence electrons. The molecule has 1 atom stereocenters. The number of nitrogens with one attached hydrogen (secondary N) is 1. The van der Waals surface area contributed by atoms with E-state index in [4.69, 9.17) is 0 Å². The summed E-state index contributed by atoms with van der Waals surface area (Å²) < 4.78 is 24.6. The van der Waals surface area contributed by atoms with Gasteiger partial charge in [0.05, 0.1) is 6.54 Å². The van der Waals surface area contributed by atoms with E-state index in [1.807, 2.05) is 18.2 Å². The molecule has 6 heteroatoms. The van der Waals surface area contributed by atoms with Gasteiger partial charge in [-0.3, -0.25) is 4.79 Å². The standard InChI is InChI=1S/C18H18F2N2OS/c1-12-10-13-4-2-3-5-16(13)22(12)11-17(23)21-14-6-8-15(9-7-14)24-18(19)20/h2-9,12,18H,10-11H2,1H3,(H,21,23)/t12-/m0/s1. The van der Waals surface area contributed by atoms with Gasteiger partial charge in [0.1, 0.15) is 0 Å². The van der Waals surface area contributed by atoms with E-state index in [1.54, 1.807) is 24.3 Å². The van der Waals surface area contributed by atoms with E-state index < -0.39 is 5.76 Å². The molecule has 0 unspecified atom stereocenters. The van der Waals surface area contributed by atoms with E-state index in [0.29, 0.717) is 22.3 Å². The number of para-hydroxylation sites is 1. The third kappa shape index (κ3) is 3.87. The average molecular weight is 348 g/mol. The van der Waals surface area contributed by atoms with Crippen LogP contribution in [0.2, 0.25) is 0 Å². The van der Waals surface area contributed by atoms with E-state index in [-0.39, 0.29) is 18.5 Å². The van der Waals surface area contributed by atoms with Crippen molar-refractivity contribution in [3.63, 3.8) is 0 Å². The van der Waals surface area contributed by atoms with Crippen LogP contribution in [0.4, 0.5) is 20.2 Å². The fourth-order valence-corrected chi connectivity index (χ4v) is 3.44. The monoisotopic (exact) mass is 348 g/mol. The lowest BCUT2D eigenvalue weighted by Gasteiger charge is -2.24. The number of halogens is 2. The minimum absolute atomic E-state index is 0.118. The van der Waals surface area contributed by atoms with Crippen molar-refractivity contribution in [1.29, 1.82) is 0 Å². The molecule has 3 nitrogen and oxygen atoms in total. The molecule has 0 saturated carbocycles. The second kappa shape index (κ2) is 7.21. The molecule has 0 spiro atoms. The Labute approximate surface area is 144 Å². The van der Waals surface area contributed by atoms with Crippen molar-refractivity contribution in [3.8, 4) is 0 Å². The number of nitrogens with zero attached hydrogens (tertiary/aromatic N) is 1. The molecule has 0 aromatic heterocycles. The maximum atomic E-state index is 12.3. The van der Waals surface area contributed by atoms with E-state index in [1.165, 1.54) is 5.56 Å². The molecule has 0 saturated heterocycles.